The molecular weight excluding hydrogens is 289 g/mol. The summed E-state index contributed by atoms with van der Waals surface area (Å²) in [5.41, 5.74) is -0.753. The van der Waals surface area contributed by atoms with Crippen molar-refractivity contribution in [2.45, 2.75) is 18.4 Å². The second-order valence-electron chi connectivity index (χ2n) is 5.37. The predicted molar refractivity (Wildman–Crippen MR) is 79.7 cm³/mol. The van der Waals surface area contributed by atoms with Gasteiger partial charge in [0.05, 0.1) is 6.54 Å². The zero-order valence-electron chi connectivity index (χ0n) is 11.4. The van der Waals surface area contributed by atoms with Crippen LogP contribution >= 0.6 is 11.3 Å². The van der Waals surface area contributed by atoms with Gasteiger partial charge in [0, 0.05) is 10.4 Å². The highest BCUT2D eigenvalue weighted by molar-refractivity contribution is 7.10. The van der Waals surface area contributed by atoms with Crippen molar-refractivity contribution in [3.63, 3.8) is 0 Å². The summed E-state index contributed by atoms with van der Waals surface area (Å²) in [5, 5.41) is 15.5. The van der Waals surface area contributed by atoms with E-state index in [0.29, 0.717) is 0 Å². The summed E-state index contributed by atoms with van der Waals surface area (Å²) in [7, 11) is 0. The third-order valence-electron chi connectivity index (χ3n) is 3.81. The van der Waals surface area contributed by atoms with Crippen LogP contribution in [0.3, 0.4) is 0 Å². The lowest BCUT2D eigenvalue weighted by Gasteiger charge is -2.27. The number of carbonyl (C=O) groups excluding carboxylic acids is 1. The molecule has 0 spiro atoms. The Balaban J connectivity index is 1.72. The van der Waals surface area contributed by atoms with E-state index < -0.39 is 11.4 Å². The minimum absolute atomic E-state index is 0.146. The summed E-state index contributed by atoms with van der Waals surface area (Å²) in [6.07, 6.45) is 1.93. The summed E-state index contributed by atoms with van der Waals surface area (Å²) >= 11 is 1.49. The number of thiophene rings is 1. The van der Waals surface area contributed by atoms with Gasteiger partial charge < -0.3 is 10.4 Å². The molecule has 1 unspecified atom stereocenters. The largest absolute Gasteiger partial charge is 0.382 e. The molecule has 5 heteroatoms. The van der Waals surface area contributed by atoms with Crippen LogP contribution in [0.15, 0.2) is 41.8 Å². The highest BCUT2D eigenvalue weighted by atomic mass is 32.1. The molecule has 1 amide bonds. The average Bonchev–Trinajstić information content (AvgIpc) is 3.19. The van der Waals surface area contributed by atoms with Crippen molar-refractivity contribution in [1.29, 1.82) is 0 Å². The van der Waals surface area contributed by atoms with Crippen molar-refractivity contribution in [1.82, 2.24) is 5.32 Å². The third kappa shape index (κ3) is 2.99. The standard InChI is InChI=1S/C16H16FNO2S/c17-13-4-1-3-11(9-13)15(19)18-10-16(20,12-6-7-12)14-5-2-8-21-14/h1-5,8-9,12,20H,6-7,10H2,(H,18,19). The molecule has 0 radical (unpaired) electrons. The first-order valence-corrected chi connectivity index (χ1v) is 7.78. The molecule has 1 fully saturated rings. The van der Waals surface area contributed by atoms with Crippen molar-refractivity contribution in [2.75, 3.05) is 6.54 Å². The van der Waals surface area contributed by atoms with Gasteiger partial charge in [-0.25, -0.2) is 4.39 Å². The van der Waals surface area contributed by atoms with E-state index in [0.717, 1.165) is 17.7 Å². The van der Waals surface area contributed by atoms with E-state index in [1.165, 1.54) is 29.5 Å². The Bertz CT molecular complexity index is 639. The molecule has 1 heterocycles. The first-order chi connectivity index (χ1) is 10.1. The zero-order valence-corrected chi connectivity index (χ0v) is 12.2. The minimum Gasteiger partial charge on any atom is -0.382 e. The fraction of sp³-hybridized carbons (Fsp3) is 0.312. The number of carbonyl (C=O) groups is 1. The molecule has 1 atom stereocenters. The number of aliphatic hydroxyl groups is 1. The lowest BCUT2D eigenvalue weighted by molar-refractivity contribution is 0.0169. The number of nitrogens with one attached hydrogen (secondary N) is 1. The van der Waals surface area contributed by atoms with Crippen LogP contribution in [0.25, 0.3) is 0 Å². The number of hydrogen-bond donors (Lipinski definition) is 2. The van der Waals surface area contributed by atoms with Crippen LogP contribution in [-0.2, 0) is 5.60 Å². The van der Waals surface area contributed by atoms with Crippen LogP contribution in [0, 0.1) is 11.7 Å². The SMILES string of the molecule is O=C(NCC(O)(c1cccs1)C1CC1)c1cccc(F)c1. The van der Waals surface area contributed by atoms with E-state index in [4.69, 9.17) is 0 Å². The molecule has 3 rings (SSSR count). The highest BCUT2D eigenvalue weighted by Gasteiger charge is 2.45. The van der Waals surface area contributed by atoms with E-state index in [2.05, 4.69) is 5.32 Å². The number of amides is 1. The monoisotopic (exact) mass is 305 g/mol. The van der Waals surface area contributed by atoms with Gasteiger partial charge in [0.2, 0.25) is 0 Å². The Morgan fingerprint density at radius 1 is 1.38 bits per heavy atom. The Morgan fingerprint density at radius 3 is 2.81 bits per heavy atom. The second kappa shape index (κ2) is 5.58. The molecule has 2 N–H and O–H groups in total. The van der Waals surface area contributed by atoms with E-state index in [1.54, 1.807) is 6.07 Å². The Morgan fingerprint density at radius 2 is 2.19 bits per heavy atom. The maximum atomic E-state index is 13.1. The maximum absolute atomic E-state index is 13.1. The number of benzene rings is 1. The number of rotatable bonds is 5. The third-order valence-corrected chi connectivity index (χ3v) is 4.84. The van der Waals surface area contributed by atoms with Crippen molar-refractivity contribution in [3.05, 3.63) is 58.0 Å². The average molecular weight is 305 g/mol. The molecule has 3 nitrogen and oxygen atoms in total. The predicted octanol–water partition coefficient (Wildman–Crippen LogP) is 2.91. The fourth-order valence-electron chi connectivity index (χ4n) is 2.47. The van der Waals surface area contributed by atoms with E-state index >= 15 is 0 Å². The molecule has 1 aliphatic carbocycles. The van der Waals surface area contributed by atoms with Gasteiger partial charge in [0.1, 0.15) is 11.4 Å². The van der Waals surface area contributed by atoms with Gasteiger partial charge in [-0.05, 0) is 48.4 Å². The minimum atomic E-state index is -1.02. The van der Waals surface area contributed by atoms with E-state index in [1.807, 2.05) is 17.5 Å². The van der Waals surface area contributed by atoms with Crippen molar-refractivity contribution >= 4 is 17.2 Å². The van der Waals surface area contributed by atoms with Crippen LogP contribution in [0.5, 0.6) is 0 Å². The normalized spacial score (nSPS) is 17.2. The van der Waals surface area contributed by atoms with Crippen LogP contribution in [0.2, 0.25) is 0 Å². The summed E-state index contributed by atoms with van der Waals surface area (Å²) < 4.78 is 13.1. The van der Waals surface area contributed by atoms with Crippen LogP contribution < -0.4 is 5.32 Å². The molecule has 2 aromatic rings. The topological polar surface area (TPSA) is 49.3 Å². The van der Waals surface area contributed by atoms with Gasteiger partial charge in [0.15, 0.2) is 0 Å². The first kappa shape index (κ1) is 14.2. The Labute approximate surface area is 126 Å². The number of hydrogen-bond acceptors (Lipinski definition) is 3. The van der Waals surface area contributed by atoms with Gasteiger partial charge >= 0.3 is 0 Å². The Hall–Kier alpha value is -1.72. The van der Waals surface area contributed by atoms with Gasteiger partial charge in [-0.3, -0.25) is 4.79 Å². The smallest absolute Gasteiger partial charge is 0.251 e. The Kier molecular flexibility index (Phi) is 3.78. The first-order valence-electron chi connectivity index (χ1n) is 6.90. The molecular formula is C16H16FNO2S. The zero-order chi connectivity index (χ0) is 14.9. The van der Waals surface area contributed by atoms with E-state index in [-0.39, 0.29) is 23.9 Å². The molecule has 0 bridgehead atoms. The van der Waals surface area contributed by atoms with Gasteiger partial charge in [0.25, 0.3) is 5.91 Å². The lowest BCUT2D eigenvalue weighted by atomic mass is 9.95. The van der Waals surface area contributed by atoms with Crippen molar-refractivity contribution in [3.8, 4) is 0 Å². The van der Waals surface area contributed by atoms with Gasteiger partial charge in [-0.1, -0.05) is 12.1 Å². The summed E-state index contributed by atoms with van der Waals surface area (Å²) in [5.74, 6) is -0.632. The molecule has 21 heavy (non-hydrogen) atoms. The van der Waals surface area contributed by atoms with Gasteiger partial charge in [-0.15, -0.1) is 11.3 Å². The van der Waals surface area contributed by atoms with Crippen molar-refractivity contribution < 1.29 is 14.3 Å². The molecule has 0 aliphatic heterocycles. The lowest BCUT2D eigenvalue weighted by Crippen LogP contribution is -2.42. The van der Waals surface area contributed by atoms with Gasteiger partial charge in [-0.2, -0.15) is 0 Å². The van der Waals surface area contributed by atoms with Crippen LogP contribution in [-0.4, -0.2) is 17.6 Å². The second-order valence-corrected chi connectivity index (χ2v) is 6.32. The molecule has 1 aromatic carbocycles. The molecule has 1 saturated carbocycles. The quantitative estimate of drug-likeness (QED) is 0.892. The maximum Gasteiger partial charge on any atom is 0.251 e. The summed E-state index contributed by atoms with van der Waals surface area (Å²) in [4.78, 5) is 12.9. The molecule has 0 saturated heterocycles. The van der Waals surface area contributed by atoms with E-state index in [9.17, 15) is 14.3 Å². The number of halogens is 1. The van der Waals surface area contributed by atoms with Crippen molar-refractivity contribution in [2.24, 2.45) is 5.92 Å². The molecule has 1 aromatic heterocycles. The fourth-order valence-corrected chi connectivity index (χ4v) is 3.37. The summed E-state index contributed by atoms with van der Waals surface area (Å²) in [6.45, 7) is 0.146. The molecule has 1 aliphatic rings. The van der Waals surface area contributed by atoms with Crippen LogP contribution in [0.1, 0.15) is 28.1 Å². The molecule has 110 valence electrons. The summed E-state index contributed by atoms with van der Waals surface area (Å²) in [6, 6.07) is 9.31. The highest BCUT2D eigenvalue weighted by Crippen LogP contribution is 2.46. The van der Waals surface area contributed by atoms with Crippen LogP contribution in [0.4, 0.5) is 4.39 Å².